The summed E-state index contributed by atoms with van der Waals surface area (Å²) in [6, 6.07) is 7.99. The SMILES string of the molecule is CN1C(=O)C2[C@@H]3C=C[C@@](C)(c4ccccc43)[C@H]2N(C)C1=O. The third-order valence-corrected chi connectivity index (χ3v) is 5.51. The van der Waals surface area contributed by atoms with Crippen LogP contribution in [0.1, 0.15) is 24.0 Å². The van der Waals surface area contributed by atoms with Crippen molar-refractivity contribution in [3.05, 3.63) is 47.5 Å². The molecule has 1 aromatic rings. The molecule has 3 amide bonds. The molecule has 21 heavy (non-hydrogen) atoms. The van der Waals surface area contributed by atoms with Crippen LogP contribution in [0.15, 0.2) is 36.4 Å². The molecule has 1 aliphatic heterocycles. The summed E-state index contributed by atoms with van der Waals surface area (Å²) < 4.78 is 0. The molecular weight excluding hydrogens is 264 g/mol. The topological polar surface area (TPSA) is 40.6 Å². The molecule has 1 unspecified atom stereocenters. The summed E-state index contributed by atoms with van der Waals surface area (Å²) in [7, 11) is 3.39. The van der Waals surface area contributed by atoms with Crippen LogP contribution >= 0.6 is 0 Å². The minimum absolute atomic E-state index is 0.0572. The number of carbonyl (C=O) groups excluding carboxylic acids is 2. The van der Waals surface area contributed by atoms with Gasteiger partial charge in [0.2, 0.25) is 5.91 Å². The van der Waals surface area contributed by atoms with Crippen LogP contribution in [0.3, 0.4) is 0 Å². The number of benzene rings is 1. The Morgan fingerprint density at radius 2 is 1.86 bits per heavy atom. The Hall–Kier alpha value is -2.10. The molecule has 0 N–H and O–H groups in total. The first-order valence-electron chi connectivity index (χ1n) is 7.30. The normalized spacial score (nSPS) is 36.8. The van der Waals surface area contributed by atoms with Gasteiger partial charge < -0.3 is 4.90 Å². The molecule has 1 aromatic carbocycles. The van der Waals surface area contributed by atoms with Crippen LogP contribution in [0.5, 0.6) is 0 Å². The minimum Gasteiger partial charge on any atom is -0.322 e. The van der Waals surface area contributed by atoms with E-state index in [0.29, 0.717) is 0 Å². The Bertz CT molecular complexity index is 696. The van der Waals surface area contributed by atoms with E-state index >= 15 is 0 Å². The van der Waals surface area contributed by atoms with Gasteiger partial charge in [0.1, 0.15) is 0 Å². The van der Waals surface area contributed by atoms with Gasteiger partial charge in [-0.15, -0.1) is 0 Å². The van der Waals surface area contributed by atoms with Crippen molar-refractivity contribution in [2.75, 3.05) is 14.1 Å². The lowest BCUT2D eigenvalue weighted by molar-refractivity contribution is -0.140. The number of allylic oxidation sites excluding steroid dienone is 1. The standard InChI is InChI=1S/C17H18N2O2/c1-17-9-8-11(10-6-4-5-7-12(10)17)13-14(17)18(2)16(21)19(3)15(13)20/h4-9,11,13-14H,1-3H3/t11-,13?,14+,17+/m1/s1. The molecule has 4 aliphatic rings. The van der Waals surface area contributed by atoms with Crippen LogP contribution in [0.4, 0.5) is 4.79 Å². The Morgan fingerprint density at radius 1 is 1.14 bits per heavy atom. The summed E-state index contributed by atoms with van der Waals surface area (Å²) in [5, 5.41) is 0. The fourth-order valence-corrected chi connectivity index (χ4v) is 4.52. The Balaban J connectivity index is 1.98. The number of hydrogen-bond acceptors (Lipinski definition) is 2. The van der Waals surface area contributed by atoms with Crippen molar-refractivity contribution < 1.29 is 9.59 Å². The summed E-state index contributed by atoms with van der Waals surface area (Å²) in [6.07, 6.45) is 4.34. The zero-order chi connectivity index (χ0) is 14.9. The first kappa shape index (κ1) is 12.6. The highest BCUT2D eigenvalue weighted by Crippen LogP contribution is 2.55. The lowest BCUT2D eigenvalue weighted by Crippen LogP contribution is -2.68. The average Bonchev–Trinajstić information content (AvgIpc) is 2.50. The van der Waals surface area contributed by atoms with Gasteiger partial charge in [0.25, 0.3) is 0 Å². The van der Waals surface area contributed by atoms with Crippen molar-refractivity contribution in [1.29, 1.82) is 0 Å². The second-order valence-electron chi connectivity index (χ2n) is 6.52. The van der Waals surface area contributed by atoms with Crippen molar-refractivity contribution in [3.8, 4) is 0 Å². The van der Waals surface area contributed by atoms with E-state index in [1.807, 2.05) is 19.2 Å². The van der Waals surface area contributed by atoms with E-state index in [4.69, 9.17) is 0 Å². The summed E-state index contributed by atoms with van der Waals surface area (Å²) in [6.45, 7) is 2.14. The van der Waals surface area contributed by atoms with E-state index in [2.05, 4.69) is 31.2 Å². The van der Waals surface area contributed by atoms with Gasteiger partial charge in [-0.25, -0.2) is 4.79 Å². The maximum Gasteiger partial charge on any atom is 0.326 e. The van der Waals surface area contributed by atoms with E-state index in [-0.39, 0.29) is 35.2 Å². The van der Waals surface area contributed by atoms with Crippen LogP contribution in [0, 0.1) is 5.92 Å². The average molecular weight is 282 g/mol. The van der Waals surface area contributed by atoms with Crippen molar-refractivity contribution in [3.63, 3.8) is 0 Å². The summed E-state index contributed by atoms with van der Waals surface area (Å²) in [5.41, 5.74) is 2.18. The zero-order valence-electron chi connectivity index (χ0n) is 12.4. The largest absolute Gasteiger partial charge is 0.326 e. The molecule has 4 atom stereocenters. The number of amides is 3. The predicted octanol–water partition coefficient (Wildman–Crippen LogP) is 2.12. The highest BCUT2D eigenvalue weighted by molar-refractivity contribution is 6.00. The lowest BCUT2D eigenvalue weighted by Gasteiger charge is -2.57. The summed E-state index contributed by atoms with van der Waals surface area (Å²) in [5.74, 6) is -0.167. The molecule has 5 rings (SSSR count). The van der Waals surface area contributed by atoms with Crippen molar-refractivity contribution in [2.45, 2.75) is 24.3 Å². The maximum absolute atomic E-state index is 12.7. The molecule has 108 valence electrons. The maximum atomic E-state index is 12.7. The number of carbonyl (C=O) groups is 2. The second kappa shape index (κ2) is 3.75. The van der Waals surface area contributed by atoms with Crippen LogP contribution in [0.2, 0.25) is 0 Å². The minimum atomic E-state index is -0.294. The smallest absolute Gasteiger partial charge is 0.322 e. The van der Waals surface area contributed by atoms with E-state index in [0.717, 1.165) is 0 Å². The van der Waals surface area contributed by atoms with Gasteiger partial charge in [-0.05, 0) is 18.1 Å². The quantitative estimate of drug-likeness (QED) is 0.684. The first-order chi connectivity index (χ1) is 9.97. The number of nitrogens with zero attached hydrogens (tertiary/aromatic N) is 2. The molecule has 1 fully saturated rings. The Labute approximate surface area is 124 Å². The van der Waals surface area contributed by atoms with Crippen LogP contribution in [-0.4, -0.2) is 41.9 Å². The number of likely N-dealkylation sites (N-methyl/N-ethyl adjacent to an activating group) is 1. The van der Waals surface area contributed by atoms with Gasteiger partial charge in [0.15, 0.2) is 0 Å². The first-order valence-corrected chi connectivity index (χ1v) is 7.30. The van der Waals surface area contributed by atoms with Crippen molar-refractivity contribution >= 4 is 11.9 Å². The molecule has 0 saturated carbocycles. The third-order valence-electron chi connectivity index (χ3n) is 5.51. The molecule has 1 saturated heterocycles. The molecule has 4 nitrogen and oxygen atoms in total. The van der Waals surface area contributed by atoms with E-state index in [1.54, 1.807) is 11.9 Å². The van der Waals surface area contributed by atoms with E-state index < -0.39 is 0 Å². The summed E-state index contributed by atoms with van der Waals surface area (Å²) in [4.78, 5) is 28.0. The van der Waals surface area contributed by atoms with Gasteiger partial charge >= 0.3 is 6.03 Å². The Kier molecular flexibility index (Phi) is 2.26. The van der Waals surface area contributed by atoms with E-state index in [9.17, 15) is 9.59 Å². The Morgan fingerprint density at radius 3 is 2.62 bits per heavy atom. The van der Waals surface area contributed by atoms with Crippen LogP contribution in [0.25, 0.3) is 0 Å². The highest BCUT2D eigenvalue weighted by Gasteiger charge is 2.59. The molecule has 2 bridgehead atoms. The molecule has 0 radical (unpaired) electrons. The number of urea groups is 1. The molecule has 3 aliphatic carbocycles. The lowest BCUT2D eigenvalue weighted by atomic mass is 9.54. The second-order valence-corrected chi connectivity index (χ2v) is 6.52. The number of imide groups is 1. The number of hydrogen-bond donors (Lipinski definition) is 0. The fraction of sp³-hybridized carbons (Fsp3) is 0.412. The zero-order valence-corrected chi connectivity index (χ0v) is 12.4. The third kappa shape index (κ3) is 1.30. The molecule has 0 spiro atoms. The van der Waals surface area contributed by atoms with Crippen molar-refractivity contribution in [1.82, 2.24) is 9.80 Å². The summed E-state index contributed by atoms with van der Waals surface area (Å²) >= 11 is 0. The molecule has 1 heterocycles. The van der Waals surface area contributed by atoms with Gasteiger partial charge in [0, 0.05) is 25.4 Å². The van der Waals surface area contributed by atoms with Crippen LogP contribution < -0.4 is 0 Å². The van der Waals surface area contributed by atoms with Gasteiger partial charge in [0.05, 0.1) is 12.0 Å². The molecule has 0 aromatic heterocycles. The van der Waals surface area contributed by atoms with Gasteiger partial charge in [-0.2, -0.15) is 0 Å². The molecular formula is C17H18N2O2. The van der Waals surface area contributed by atoms with Crippen LogP contribution in [-0.2, 0) is 10.2 Å². The fourth-order valence-electron chi connectivity index (χ4n) is 4.52. The highest BCUT2D eigenvalue weighted by atomic mass is 16.2. The van der Waals surface area contributed by atoms with Crippen molar-refractivity contribution in [2.24, 2.45) is 5.92 Å². The molecule has 4 heteroatoms. The predicted molar refractivity (Wildman–Crippen MR) is 78.9 cm³/mol. The van der Waals surface area contributed by atoms with E-state index in [1.165, 1.54) is 16.0 Å². The number of rotatable bonds is 0. The van der Waals surface area contributed by atoms with Gasteiger partial charge in [-0.3, -0.25) is 9.69 Å². The monoisotopic (exact) mass is 282 g/mol. The van der Waals surface area contributed by atoms with Gasteiger partial charge in [-0.1, -0.05) is 36.4 Å².